The topological polar surface area (TPSA) is 38.0 Å². The van der Waals surface area contributed by atoms with Crippen molar-refractivity contribution in [3.05, 3.63) is 16.6 Å². The van der Waals surface area contributed by atoms with Crippen LogP contribution in [0.4, 0.5) is 0 Å². The predicted octanol–water partition coefficient (Wildman–Crippen LogP) is 2.50. The minimum absolute atomic E-state index is 0.299. The Bertz CT molecular complexity index is 332. The first kappa shape index (κ1) is 10.3. The van der Waals surface area contributed by atoms with E-state index in [-0.39, 0.29) is 0 Å². The Morgan fingerprint density at radius 2 is 2.07 bits per heavy atom. The zero-order valence-corrected chi connectivity index (χ0v) is 9.22. The first-order chi connectivity index (χ1) is 6.61. The molecule has 1 N–H and O–H groups in total. The van der Waals surface area contributed by atoms with Crippen LogP contribution in [0.25, 0.3) is 0 Å². The van der Waals surface area contributed by atoms with Gasteiger partial charge in [0.05, 0.1) is 18.5 Å². The van der Waals surface area contributed by atoms with E-state index in [0.29, 0.717) is 16.9 Å². The van der Waals surface area contributed by atoms with E-state index in [9.17, 15) is 5.11 Å². The Balaban J connectivity index is 2.14. The molecule has 0 atom stereocenters. The molecule has 0 spiro atoms. The fourth-order valence-electron chi connectivity index (χ4n) is 1.96. The summed E-state index contributed by atoms with van der Waals surface area (Å²) in [5, 5.41) is 10.8. The van der Waals surface area contributed by atoms with Crippen molar-refractivity contribution in [1.29, 1.82) is 0 Å². The molecule has 1 aromatic rings. The molecule has 0 aliphatic heterocycles. The fraction of sp³-hybridized carbons (Fsp3) is 0.667. The van der Waals surface area contributed by atoms with E-state index in [1.807, 2.05) is 0 Å². The molecule has 0 amide bonds. The van der Waals surface area contributed by atoms with Crippen LogP contribution in [0.15, 0.2) is 6.33 Å². The molecule has 0 aromatic carbocycles. The standard InChI is InChI=1S/C9H12Cl2N2O/c10-7-8(11)13(6-12-7)5-9(14)3-1-2-4-9/h6,14H,1-5H2. The summed E-state index contributed by atoms with van der Waals surface area (Å²) >= 11 is 11.6. The third kappa shape index (κ3) is 1.90. The molecular formula is C9H12Cl2N2O. The van der Waals surface area contributed by atoms with E-state index in [2.05, 4.69) is 4.98 Å². The Labute approximate surface area is 92.7 Å². The van der Waals surface area contributed by atoms with Crippen LogP contribution in [-0.4, -0.2) is 20.3 Å². The lowest BCUT2D eigenvalue weighted by Gasteiger charge is -2.22. The van der Waals surface area contributed by atoms with E-state index in [4.69, 9.17) is 23.2 Å². The average Bonchev–Trinajstić information content (AvgIpc) is 2.68. The van der Waals surface area contributed by atoms with Crippen molar-refractivity contribution >= 4 is 23.2 Å². The molecule has 0 bridgehead atoms. The molecule has 1 saturated carbocycles. The fourth-order valence-corrected chi connectivity index (χ4v) is 2.27. The van der Waals surface area contributed by atoms with Crippen molar-refractivity contribution < 1.29 is 5.11 Å². The number of aromatic nitrogens is 2. The molecule has 78 valence electrons. The molecule has 1 fully saturated rings. The zero-order valence-electron chi connectivity index (χ0n) is 7.71. The van der Waals surface area contributed by atoms with Crippen molar-refractivity contribution in [3.63, 3.8) is 0 Å². The molecule has 0 saturated heterocycles. The molecule has 14 heavy (non-hydrogen) atoms. The lowest BCUT2D eigenvalue weighted by molar-refractivity contribution is 0.0299. The second kappa shape index (κ2) is 3.72. The average molecular weight is 235 g/mol. The molecule has 2 rings (SSSR count). The van der Waals surface area contributed by atoms with Crippen molar-refractivity contribution in [3.8, 4) is 0 Å². The van der Waals surface area contributed by atoms with Crippen molar-refractivity contribution in [2.75, 3.05) is 0 Å². The monoisotopic (exact) mass is 234 g/mol. The summed E-state index contributed by atoms with van der Waals surface area (Å²) < 4.78 is 1.70. The van der Waals surface area contributed by atoms with Crippen molar-refractivity contribution in [2.24, 2.45) is 0 Å². The van der Waals surface area contributed by atoms with E-state index >= 15 is 0 Å². The molecule has 1 aliphatic carbocycles. The second-order valence-corrected chi connectivity index (χ2v) is 4.60. The highest BCUT2D eigenvalue weighted by Gasteiger charge is 2.32. The third-order valence-electron chi connectivity index (χ3n) is 2.73. The lowest BCUT2D eigenvalue weighted by Crippen LogP contribution is -2.30. The van der Waals surface area contributed by atoms with Crippen LogP contribution in [0.3, 0.4) is 0 Å². The summed E-state index contributed by atoms with van der Waals surface area (Å²) in [6.07, 6.45) is 5.40. The van der Waals surface area contributed by atoms with E-state index in [1.165, 1.54) is 0 Å². The normalized spacial score (nSPS) is 20.2. The Hall–Kier alpha value is -0.250. The molecule has 1 heterocycles. The summed E-state index contributed by atoms with van der Waals surface area (Å²) in [6, 6.07) is 0. The molecular weight excluding hydrogens is 223 g/mol. The van der Waals surface area contributed by atoms with Crippen LogP contribution < -0.4 is 0 Å². The molecule has 1 aliphatic rings. The summed E-state index contributed by atoms with van der Waals surface area (Å²) in [6.45, 7) is 0.492. The van der Waals surface area contributed by atoms with Gasteiger partial charge >= 0.3 is 0 Å². The minimum atomic E-state index is -0.617. The highest BCUT2D eigenvalue weighted by atomic mass is 35.5. The van der Waals surface area contributed by atoms with Crippen LogP contribution in [0.2, 0.25) is 10.3 Å². The first-order valence-electron chi connectivity index (χ1n) is 4.69. The van der Waals surface area contributed by atoms with Gasteiger partial charge in [-0.05, 0) is 12.8 Å². The summed E-state index contributed by atoms with van der Waals surface area (Å²) in [4.78, 5) is 3.87. The van der Waals surface area contributed by atoms with Gasteiger partial charge in [-0.3, -0.25) is 0 Å². The summed E-state index contributed by atoms with van der Waals surface area (Å²) in [5.41, 5.74) is -0.617. The van der Waals surface area contributed by atoms with Crippen LogP contribution >= 0.6 is 23.2 Å². The third-order valence-corrected chi connectivity index (χ3v) is 3.50. The van der Waals surface area contributed by atoms with Crippen LogP contribution in [0, 0.1) is 0 Å². The van der Waals surface area contributed by atoms with Crippen molar-refractivity contribution in [1.82, 2.24) is 9.55 Å². The van der Waals surface area contributed by atoms with Crippen LogP contribution in [0.5, 0.6) is 0 Å². The molecule has 3 nitrogen and oxygen atoms in total. The van der Waals surface area contributed by atoms with Gasteiger partial charge in [-0.15, -0.1) is 0 Å². The van der Waals surface area contributed by atoms with Gasteiger partial charge in [-0.1, -0.05) is 36.0 Å². The Kier molecular flexibility index (Phi) is 2.73. The number of hydrogen-bond acceptors (Lipinski definition) is 2. The quantitative estimate of drug-likeness (QED) is 0.855. The molecule has 0 unspecified atom stereocenters. The number of imidazole rings is 1. The molecule has 0 radical (unpaired) electrons. The smallest absolute Gasteiger partial charge is 0.166 e. The maximum atomic E-state index is 10.1. The van der Waals surface area contributed by atoms with Gasteiger partial charge in [-0.25, -0.2) is 4.98 Å². The number of aliphatic hydroxyl groups is 1. The van der Waals surface area contributed by atoms with E-state index in [1.54, 1.807) is 10.9 Å². The van der Waals surface area contributed by atoms with Gasteiger partial charge in [0.1, 0.15) is 5.15 Å². The Morgan fingerprint density at radius 1 is 1.43 bits per heavy atom. The van der Waals surface area contributed by atoms with Gasteiger partial charge in [0.15, 0.2) is 5.15 Å². The maximum Gasteiger partial charge on any atom is 0.166 e. The number of halogens is 2. The van der Waals surface area contributed by atoms with Crippen molar-refractivity contribution in [2.45, 2.75) is 37.8 Å². The van der Waals surface area contributed by atoms with E-state index in [0.717, 1.165) is 25.7 Å². The minimum Gasteiger partial charge on any atom is -0.388 e. The second-order valence-electron chi connectivity index (χ2n) is 3.89. The molecule has 1 aromatic heterocycles. The zero-order chi connectivity index (χ0) is 10.2. The van der Waals surface area contributed by atoms with Gasteiger partial charge in [0.2, 0.25) is 0 Å². The lowest BCUT2D eigenvalue weighted by atomic mass is 10.0. The van der Waals surface area contributed by atoms with Crippen LogP contribution in [-0.2, 0) is 6.54 Å². The van der Waals surface area contributed by atoms with Crippen LogP contribution in [0.1, 0.15) is 25.7 Å². The van der Waals surface area contributed by atoms with Gasteiger partial charge in [0.25, 0.3) is 0 Å². The van der Waals surface area contributed by atoms with Gasteiger partial charge in [-0.2, -0.15) is 0 Å². The highest BCUT2D eigenvalue weighted by molar-refractivity contribution is 6.40. The number of hydrogen-bond donors (Lipinski definition) is 1. The summed E-state index contributed by atoms with van der Waals surface area (Å²) in [5.74, 6) is 0. The van der Waals surface area contributed by atoms with Gasteiger partial charge < -0.3 is 9.67 Å². The number of rotatable bonds is 2. The predicted molar refractivity (Wildman–Crippen MR) is 55.7 cm³/mol. The highest BCUT2D eigenvalue weighted by Crippen LogP contribution is 2.32. The first-order valence-corrected chi connectivity index (χ1v) is 5.45. The Morgan fingerprint density at radius 3 is 2.57 bits per heavy atom. The van der Waals surface area contributed by atoms with E-state index < -0.39 is 5.60 Å². The van der Waals surface area contributed by atoms with Gasteiger partial charge in [0, 0.05) is 0 Å². The summed E-state index contributed by atoms with van der Waals surface area (Å²) in [7, 11) is 0. The SMILES string of the molecule is OC1(Cn2cnc(Cl)c2Cl)CCCC1. The maximum absolute atomic E-state index is 10.1. The number of nitrogens with zero attached hydrogens (tertiary/aromatic N) is 2. The molecule has 5 heteroatoms. The largest absolute Gasteiger partial charge is 0.388 e.